The first-order chi connectivity index (χ1) is 10.3. The lowest BCUT2D eigenvalue weighted by atomic mass is 10.1. The van der Waals surface area contributed by atoms with Crippen LogP contribution < -0.4 is 10.5 Å². The molecule has 0 aromatic carbocycles. The summed E-state index contributed by atoms with van der Waals surface area (Å²) in [5.74, 6) is 0.683. The molecule has 0 atom stereocenters. The van der Waals surface area contributed by atoms with Crippen molar-refractivity contribution in [2.45, 2.75) is 64.2 Å². The van der Waals surface area contributed by atoms with Crippen molar-refractivity contribution in [3.05, 3.63) is 17.0 Å². The molecule has 2 rings (SSSR count). The second-order valence-electron chi connectivity index (χ2n) is 6.89. The van der Waals surface area contributed by atoms with Gasteiger partial charge in [0.15, 0.2) is 0 Å². The van der Waals surface area contributed by atoms with Crippen LogP contribution in [-0.2, 0) is 16.4 Å². The predicted octanol–water partition coefficient (Wildman–Crippen LogP) is 1.71. The monoisotopic (exact) mass is 347 g/mol. The van der Waals surface area contributed by atoms with Crippen molar-refractivity contribution in [2.75, 3.05) is 0 Å². The highest BCUT2D eigenvalue weighted by molar-refractivity contribution is 7.90. The normalized spacial score (nSPS) is 16.3. The van der Waals surface area contributed by atoms with Crippen molar-refractivity contribution in [1.29, 1.82) is 0 Å². The van der Waals surface area contributed by atoms with Crippen molar-refractivity contribution in [3.63, 3.8) is 0 Å². The molecule has 8 nitrogen and oxygen atoms in total. The van der Waals surface area contributed by atoms with Gasteiger partial charge in [-0.05, 0) is 53.9 Å². The van der Waals surface area contributed by atoms with Crippen LogP contribution >= 0.6 is 0 Å². The molecule has 132 valence electrons. The summed E-state index contributed by atoms with van der Waals surface area (Å²) < 4.78 is 27.0. The molecule has 9 heteroatoms. The SMILES string of the molecule is CC(C)(C)NC(=O)O.Cc1noc(C)c1CC1(S(N)(=O)=O)CC1. The number of amides is 1. The summed E-state index contributed by atoms with van der Waals surface area (Å²) in [7, 11) is -3.47. The molecular weight excluding hydrogens is 322 g/mol. The molecule has 1 saturated carbocycles. The summed E-state index contributed by atoms with van der Waals surface area (Å²) in [6.45, 7) is 8.98. The summed E-state index contributed by atoms with van der Waals surface area (Å²) in [6, 6.07) is 0. The van der Waals surface area contributed by atoms with Crippen molar-refractivity contribution < 1.29 is 22.8 Å². The van der Waals surface area contributed by atoms with Crippen LogP contribution in [0.25, 0.3) is 0 Å². The maximum atomic E-state index is 11.4. The van der Waals surface area contributed by atoms with E-state index in [1.807, 2.05) is 6.92 Å². The molecule has 23 heavy (non-hydrogen) atoms. The van der Waals surface area contributed by atoms with Gasteiger partial charge in [0.1, 0.15) is 5.76 Å². The fourth-order valence-corrected chi connectivity index (χ4v) is 3.12. The Morgan fingerprint density at radius 2 is 1.91 bits per heavy atom. The van der Waals surface area contributed by atoms with E-state index in [0.717, 1.165) is 11.3 Å². The second kappa shape index (κ2) is 6.48. The largest absolute Gasteiger partial charge is 0.465 e. The standard InChI is InChI=1S/C9H14N2O3S.C5H11NO2/c1-6-8(7(2)14-11-6)5-9(3-4-9)15(10,12)13;1-5(2,3)6-4(7)8/h3-5H2,1-2H3,(H2,10,12,13);6H,1-3H3,(H,7,8). The molecule has 0 unspecified atom stereocenters. The number of hydrogen-bond donors (Lipinski definition) is 3. The number of carboxylic acid groups (broad SMARTS) is 1. The van der Waals surface area contributed by atoms with E-state index < -0.39 is 20.9 Å². The fourth-order valence-electron chi connectivity index (χ4n) is 2.10. The average molecular weight is 347 g/mol. The van der Waals surface area contributed by atoms with Gasteiger partial charge >= 0.3 is 6.09 Å². The molecule has 0 aliphatic heterocycles. The molecule has 0 spiro atoms. The number of nitrogens with two attached hydrogens (primary N) is 1. The van der Waals surface area contributed by atoms with Crippen molar-refractivity contribution in [3.8, 4) is 0 Å². The Bertz CT molecular complexity index is 650. The lowest BCUT2D eigenvalue weighted by Gasteiger charge is -2.16. The molecular formula is C14H25N3O5S. The molecule has 1 heterocycles. The fraction of sp³-hybridized carbons (Fsp3) is 0.714. The molecule has 1 aliphatic rings. The summed E-state index contributed by atoms with van der Waals surface area (Å²) >= 11 is 0. The van der Waals surface area contributed by atoms with Crippen LogP contribution in [0.2, 0.25) is 0 Å². The zero-order valence-corrected chi connectivity index (χ0v) is 15.0. The Balaban J connectivity index is 0.000000284. The van der Waals surface area contributed by atoms with E-state index >= 15 is 0 Å². The first kappa shape index (κ1) is 19.4. The van der Waals surface area contributed by atoms with Gasteiger partial charge in [0.25, 0.3) is 0 Å². The average Bonchev–Trinajstić information content (AvgIpc) is 3.04. The zero-order chi connectivity index (χ0) is 18.1. The third-order valence-corrected chi connectivity index (χ3v) is 5.33. The van der Waals surface area contributed by atoms with E-state index in [9.17, 15) is 13.2 Å². The summed E-state index contributed by atoms with van der Waals surface area (Å²) in [4.78, 5) is 9.90. The van der Waals surface area contributed by atoms with Crippen LogP contribution in [0.4, 0.5) is 4.79 Å². The van der Waals surface area contributed by atoms with Crippen molar-refractivity contribution in [2.24, 2.45) is 5.14 Å². The van der Waals surface area contributed by atoms with Gasteiger partial charge in [-0.3, -0.25) is 0 Å². The highest BCUT2D eigenvalue weighted by Gasteiger charge is 2.53. The summed E-state index contributed by atoms with van der Waals surface area (Å²) in [5.41, 5.74) is 1.30. The molecule has 1 fully saturated rings. The van der Waals surface area contributed by atoms with Gasteiger partial charge in [-0.1, -0.05) is 5.16 Å². The number of hydrogen-bond acceptors (Lipinski definition) is 5. The number of carbonyl (C=O) groups is 1. The van der Waals surface area contributed by atoms with E-state index in [1.165, 1.54) is 0 Å². The first-order valence-corrected chi connectivity index (χ1v) is 8.77. The Morgan fingerprint density at radius 3 is 2.13 bits per heavy atom. The minimum atomic E-state index is -3.47. The summed E-state index contributed by atoms with van der Waals surface area (Å²) in [5, 5.41) is 19.4. The van der Waals surface area contributed by atoms with Gasteiger partial charge in [-0.25, -0.2) is 18.4 Å². The maximum Gasteiger partial charge on any atom is 0.405 e. The number of nitrogens with zero attached hydrogens (tertiary/aromatic N) is 1. The molecule has 1 aliphatic carbocycles. The first-order valence-electron chi connectivity index (χ1n) is 7.23. The smallest absolute Gasteiger partial charge is 0.405 e. The van der Waals surface area contributed by atoms with E-state index in [1.54, 1.807) is 27.7 Å². The lowest BCUT2D eigenvalue weighted by Crippen LogP contribution is -2.39. The topological polar surface area (TPSA) is 136 Å². The Hall–Kier alpha value is -1.61. The molecule has 1 amide bonds. The van der Waals surface area contributed by atoms with E-state index in [2.05, 4.69) is 10.5 Å². The number of primary sulfonamides is 1. The second-order valence-corrected chi connectivity index (χ2v) is 8.84. The van der Waals surface area contributed by atoms with Crippen LogP contribution in [0.5, 0.6) is 0 Å². The van der Waals surface area contributed by atoms with Crippen molar-refractivity contribution in [1.82, 2.24) is 10.5 Å². The minimum absolute atomic E-state index is 0.328. The molecule has 4 N–H and O–H groups in total. The Morgan fingerprint density at radius 1 is 1.39 bits per heavy atom. The van der Waals surface area contributed by atoms with Crippen LogP contribution in [0.15, 0.2) is 4.52 Å². The summed E-state index contributed by atoms with van der Waals surface area (Å²) in [6.07, 6.45) is 0.719. The van der Waals surface area contributed by atoms with E-state index in [0.29, 0.717) is 25.0 Å². The number of rotatable bonds is 3. The van der Waals surface area contributed by atoms with Gasteiger partial charge < -0.3 is 14.9 Å². The maximum absolute atomic E-state index is 11.4. The number of nitrogens with one attached hydrogen (secondary N) is 1. The van der Waals surface area contributed by atoms with Gasteiger partial charge in [-0.15, -0.1) is 0 Å². The third kappa shape index (κ3) is 5.51. The molecule has 1 aromatic heterocycles. The van der Waals surface area contributed by atoms with Crippen LogP contribution in [0.1, 0.15) is 50.6 Å². The number of aryl methyl sites for hydroxylation is 2. The highest BCUT2D eigenvalue weighted by atomic mass is 32.2. The van der Waals surface area contributed by atoms with Gasteiger partial charge in [0.2, 0.25) is 10.0 Å². The van der Waals surface area contributed by atoms with E-state index in [-0.39, 0.29) is 5.54 Å². The molecule has 0 bridgehead atoms. The molecule has 0 radical (unpaired) electrons. The molecule has 1 aromatic rings. The number of sulfonamides is 1. The number of aromatic nitrogens is 1. The van der Waals surface area contributed by atoms with Gasteiger partial charge in [-0.2, -0.15) is 0 Å². The van der Waals surface area contributed by atoms with E-state index in [4.69, 9.17) is 14.8 Å². The quantitative estimate of drug-likeness (QED) is 0.761. The highest BCUT2D eigenvalue weighted by Crippen LogP contribution is 2.45. The van der Waals surface area contributed by atoms with Crippen LogP contribution in [0.3, 0.4) is 0 Å². The van der Waals surface area contributed by atoms with Gasteiger partial charge in [0.05, 0.1) is 10.4 Å². The van der Waals surface area contributed by atoms with Gasteiger partial charge in [0, 0.05) is 11.1 Å². The Labute approximate surface area is 136 Å². The Kier molecular flexibility index (Phi) is 5.48. The van der Waals surface area contributed by atoms with Crippen molar-refractivity contribution >= 4 is 16.1 Å². The van der Waals surface area contributed by atoms with Crippen LogP contribution in [0, 0.1) is 13.8 Å². The third-order valence-electron chi connectivity index (χ3n) is 3.57. The molecule has 0 saturated heterocycles. The lowest BCUT2D eigenvalue weighted by molar-refractivity contribution is 0.184. The minimum Gasteiger partial charge on any atom is -0.465 e. The predicted molar refractivity (Wildman–Crippen MR) is 85.7 cm³/mol. The zero-order valence-electron chi connectivity index (χ0n) is 14.1. The van der Waals surface area contributed by atoms with Crippen LogP contribution in [-0.4, -0.2) is 35.1 Å².